The SMILES string of the molecule is CN(C)CCn1c(NC(=O)c2cccs2)nc2ccccc21. The number of fused-ring (bicyclic) bond motifs is 1. The van der Waals surface area contributed by atoms with E-state index in [1.165, 1.54) is 11.3 Å². The fourth-order valence-electron chi connectivity index (χ4n) is 2.27. The number of rotatable bonds is 5. The molecule has 1 amide bonds. The van der Waals surface area contributed by atoms with Crippen molar-refractivity contribution in [3.05, 3.63) is 46.7 Å². The largest absolute Gasteiger partial charge is 0.309 e. The van der Waals surface area contributed by atoms with Crippen LogP contribution in [0.25, 0.3) is 11.0 Å². The van der Waals surface area contributed by atoms with Gasteiger partial charge in [-0.3, -0.25) is 10.1 Å². The number of hydrogen-bond acceptors (Lipinski definition) is 4. The Kier molecular flexibility index (Phi) is 4.22. The standard InChI is InChI=1S/C16H18N4OS/c1-19(2)9-10-20-13-7-4-3-6-12(13)17-16(20)18-15(21)14-8-5-11-22-14/h3-8,11H,9-10H2,1-2H3,(H,17,18,21). The number of amides is 1. The summed E-state index contributed by atoms with van der Waals surface area (Å²) < 4.78 is 2.06. The smallest absolute Gasteiger partial charge is 0.268 e. The van der Waals surface area contributed by atoms with E-state index in [1.54, 1.807) is 0 Å². The molecule has 0 radical (unpaired) electrons. The number of likely N-dealkylation sites (N-methyl/N-ethyl adjacent to an activating group) is 1. The van der Waals surface area contributed by atoms with Gasteiger partial charge in [-0.15, -0.1) is 11.3 Å². The molecule has 0 bridgehead atoms. The van der Waals surface area contributed by atoms with Crippen molar-refractivity contribution in [1.82, 2.24) is 14.5 Å². The molecule has 0 unspecified atom stereocenters. The summed E-state index contributed by atoms with van der Waals surface area (Å²) in [4.78, 5) is 19.6. The maximum Gasteiger partial charge on any atom is 0.268 e. The molecule has 3 aromatic rings. The van der Waals surface area contributed by atoms with E-state index < -0.39 is 0 Å². The fourth-order valence-corrected chi connectivity index (χ4v) is 2.89. The van der Waals surface area contributed by atoms with E-state index in [0.29, 0.717) is 10.8 Å². The monoisotopic (exact) mass is 314 g/mol. The van der Waals surface area contributed by atoms with Crippen LogP contribution in [0, 0.1) is 0 Å². The Labute approximate surface area is 133 Å². The number of benzene rings is 1. The number of hydrogen-bond donors (Lipinski definition) is 1. The van der Waals surface area contributed by atoms with Crippen LogP contribution in [0.1, 0.15) is 9.67 Å². The predicted octanol–water partition coefficient (Wildman–Crippen LogP) is 2.91. The number of imidazole rings is 1. The number of nitrogens with one attached hydrogen (secondary N) is 1. The quantitative estimate of drug-likeness (QED) is 0.788. The zero-order valence-corrected chi connectivity index (χ0v) is 13.4. The molecule has 0 aliphatic carbocycles. The first kappa shape index (κ1) is 14.7. The van der Waals surface area contributed by atoms with E-state index in [-0.39, 0.29) is 5.91 Å². The summed E-state index contributed by atoms with van der Waals surface area (Å²) in [6.07, 6.45) is 0. The van der Waals surface area contributed by atoms with Gasteiger partial charge >= 0.3 is 0 Å². The van der Waals surface area contributed by atoms with E-state index >= 15 is 0 Å². The van der Waals surface area contributed by atoms with Gasteiger partial charge in [0.2, 0.25) is 5.95 Å². The third kappa shape index (κ3) is 3.03. The molecule has 0 aliphatic heterocycles. The Morgan fingerprint density at radius 1 is 1.27 bits per heavy atom. The summed E-state index contributed by atoms with van der Waals surface area (Å²) in [5, 5.41) is 4.82. The van der Waals surface area contributed by atoms with E-state index in [4.69, 9.17) is 0 Å². The minimum atomic E-state index is -0.114. The van der Waals surface area contributed by atoms with Gasteiger partial charge in [0.05, 0.1) is 15.9 Å². The third-order valence-electron chi connectivity index (χ3n) is 3.40. The minimum absolute atomic E-state index is 0.114. The highest BCUT2D eigenvalue weighted by molar-refractivity contribution is 7.12. The van der Waals surface area contributed by atoms with Crippen LogP contribution in [0.2, 0.25) is 0 Å². The molecule has 2 heterocycles. The Morgan fingerprint density at radius 2 is 2.09 bits per heavy atom. The number of nitrogens with zero attached hydrogens (tertiary/aromatic N) is 3. The third-order valence-corrected chi connectivity index (χ3v) is 4.26. The molecule has 0 saturated carbocycles. The highest BCUT2D eigenvalue weighted by Gasteiger charge is 2.14. The summed E-state index contributed by atoms with van der Waals surface area (Å²) in [5.74, 6) is 0.484. The summed E-state index contributed by atoms with van der Waals surface area (Å²) in [6.45, 7) is 1.65. The average Bonchev–Trinajstić information content (AvgIpc) is 3.13. The molecular formula is C16H18N4OS. The van der Waals surface area contributed by atoms with Crippen molar-refractivity contribution in [3.63, 3.8) is 0 Å². The van der Waals surface area contributed by atoms with Gasteiger partial charge in [0.25, 0.3) is 5.91 Å². The van der Waals surface area contributed by atoms with Crippen LogP contribution in [0.3, 0.4) is 0 Å². The van der Waals surface area contributed by atoms with Gasteiger partial charge in [-0.25, -0.2) is 4.98 Å². The van der Waals surface area contributed by atoms with Crippen molar-refractivity contribution in [3.8, 4) is 0 Å². The average molecular weight is 314 g/mol. The van der Waals surface area contributed by atoms with Crippen LogP contribution in [0.5, 0.6) is 0 Å². The van der Waals surface area contributed by atoms with Gasteiger partial charge in [-0.1, -0.05) is 18.2 Å². The maximum absolute atomic E-state index is 12.3. The molecule has 3 rings (SSSR count). The molecule has 0 atom stereocenters. The summed E-state index contributed by atoms with van der Waals surface area (Å²) >= 11 is 1.42. The van der Waals surface area contributed by atoms with Crippen LogP contribution in [-0.2, 0) is 6.54 Å². The van der Waals surface area contributed by atoms with E-state index in [2.05, 4.69) is 19.8 Å². The predicted molar refractivity (Wildman–Crippen MR) is 90.6 cm³/mol. The van der Waals surface area contributed by atoms with Gasteiger partial charge in [0.15, 0.2) is 0 Å². The molecule has 22 heavy (non-hydrogen) atoms. The van der Waals surface area contributed by atoms with Crippen LogP contribution in [0.4, 0.5) is 5.95 Å². The first-order valence-electron chi connectivity index (χ1n) is 7.10. The number of para-hydroxylation sites is 2. The molecule has 114 valence electrons. The number of aromatic nitrogens is 2. The maximum atomic E-state index is 12.3. The van der Waals surface area contributed by atoms with E-state index in [0.717, 1.165) is 24.1 Å². The molecule has 6 heteroatoms. The van der Waals surface area contributed by atoms with Crippen LogP contribution in [0.15, 0.2) is 41.8 Å². The number of thiophene rings is 1. The number of carbonyl (C=O) groups excluding carboxylic acids is 1. The molecule has 0 saturated heterocycles. The Bertz CT molecular complexity index is 777. The molecule has 0 aliphatic rings. The van der Waals surface area contributed by atoms with Gasteiger partial charge in [0.1, 0.15) is 0 Å². The van der Waals surface area contributed by atoms with Crippen LogP contribution in [-0.4, -0.2) is 41.0 Å². The van der Waals surface area contributed by atoms with Crippen molar-refractivity contribution in [2.24, 2.45) is 0 Å². The lowest BCUT2D eigenvalue weighted by Gasteiger charge is -2.13. The Hall–Kier alpha value is -2.18. The topological polar surface area (TPSA) is 50.2 Å². The second kappa shape index (κ2) is 6.29. The van der Waals surface area contributed by atoms with Crippen molar-refractivity contribution in [1.29, 1.82) is 0 Å². The second-order valence-electron chi connectivity index (χ2n) is 5.31. The Balaban J connectivity index is 1.93. The lowest BCUT2D eigenvalue weighted by atomic mass is 10.3. The van der Waals surface area contributed by atoms with Crippen LogP contribution < -0.4 is 5.32 Å². The molecule has 1 aromatic carbocycles. The summed E-state index contributed by atoms with van der Waals surface area (Å²) in [7, 11) is 4.06. The second-order valence-corrected chi connectivity index (χ2v) is 6.26. The van der Waals surface area contributed by atoms with E-state index in [1.807, 2.05) is 55.9 Å². The van der Waals surface area contributed by atoms with Crippen molar-refractivity contribution in [2.45, 2.75) is 6.54 Å². The zero-order valence-electron chi connectivity index (χ0n) is 12.6. The lowest BCUT2D eigenvalue weighted by molar-refractivity contribution is 0.102. The summed E-state index contributed by atoms with van der Waals surface area (Å²) in [5.41, 5.74) is 1.92. The van der Waals surface area contributed by atoms with Gasteiger partial charge in [-0.2, -0.15) is 0 Å². The molecule has 1 N–H and O–H groups in total. The van der Waals surface area contributed by atoms with Gasteiger partial charge in [-0.05, 0) is 37.7 Å². The highest BCUT2D eigenvalue weighted by Crippen LogP contribution is 2.20. The molecule has 0 fully saturated rings. The number of carbonyl (C=O) groups is 1. The van der Waals surface area contributed by atoms with Crippen molar-refractivity contribution >= 4 is 34.2 Å². The first-order chi connectivity index (χ1) is 10.6. The molecular weight excluding hydrogens is 296 g/mol. The van der Waals surface area contributed by atoms with E-state index in [9.17, 15) is 4.79 Å². The van der Waals surface area contributed by atoms with Gasteiger partial charge < -0.3 is 9.47 Å². The normalized spacial score (nSPS) is 11.2. The zero-order chi connectivity index (χ0) is 15.5. The number of anilines is 1. The summed E-state index contributed by atoms with van der Waals surface area (Å²) in [6, 6.07) is 11.6. The minimum Gasteiger partial charge on any atom is -0.309 e. The molecule has 0 spiro atoms. The van der Waals surface area contributed by atoms with Crippen molar-refractivity contribution in [2.75, 3.05) is 26.0 Å². The lowest BCUT2D eigenvalue weighted by Crippen LogP contribution is -2.21. The Morgan fingerprint density at radius 3 is 2.82 bits per heavy atom. The highest BCUT2D eigenvalue weighted by atomic mass is 32.1. The fraction of sp³-hybridized carbons (Fsp3) is 0.250. The van der Waals surface area contributed by atoms with Crippen LogP contribution >= 0.6 is 11.3 Å². The van der Waals surface area contributed by atoms with Gasteiger partial charge in [0, 0.05) is 13.1 Å². The first-order valence-corrected chi connectivity index (χ1v) is 7.98. The molecule has 2 aromatic heterocycles. The molecule has 5 nitrogen and oxygen atoms in total. The van der Waals surface area contributed by atoms with Crippen molar-refractivity contribution < 1.29 is 4.79 Å².